The zero-order valence-electron chi connectivity index (χ0n) is 8.30. The van der Waals surface area contributed by atoms with Crippen LogP contribution in [0.25, 0.3) is 5.70 Å². The maximum Gasteiger partial charge on any atom is 0.210 e. The van der Waals surface area contributed by atoms with Crippen molar-refractivity contribution in [3.8, 4) is 0 Å². The molecule has 0 aliphatic carbocycles. The van der Waals surface area contributed by atoms with Crippen molar-refractivity contribution in [1.29, 1.82) is 0 Å². The van der Waals surface area contributed by atoms with Gasteiger partial charge in [0.1, 0.15) is 18.4 Å². The van der Waals surface area contributed by atoms with Gasteiger partial charge in [-0.3, -0.25) is 4.79 Å². The molecule has 0 amide bonds. The van der Waals surface area contributed by atoms with E-state index in [1.54, 1.807) is 24.3 Å². The second-order valence-corrected chi connectivity index (χ2v) is 3.56. The minimum absolute atomic E-state index is 0.206. The molecule has 0 radical (unpaired) electrons. The fourth-order valence-corrected chi connectivity index (χ4v) is 1.35. The lowest BCUT2D eigenvalue weighted by Gasteiger charge is -2.03. The number of hydrogen-bond donors (Lipinski definition) is 0. The molecule has 16 heavy (non-hydrogen) atoms. The third kappa shape index (κ3) is 2.01. The van der Waals surface area contributed by atoms with Crippen molar-refractivity contribution < 1.29 is 4.79 Å². The fourth-order valence-electron chi connectivity index (χ4n) is 1.22. The quantitative estimate of drug-likeness (QED) is 0.604. The number of hydrogen-bond acceptors (Lipinski definition) is 3. The minimum atomic E-state index is -0.206. The van der Waals surface area contributed by atoms with E-state index in [1.165, 1.54) is 17.3 Å². The molecule has 1 heterocycles. The summed E-state index contributed by atoms with van der Waals surface area (Å²) in [4.78, 5) is 15.7. The van der Waals surface area contributed by atoms with Crippen molar-refractivity contribution in [2.45, 2.75) is 0 Å². The molecule has 1 aromatic carbocycles. The first-order chi connectivity index (χ1) is 7.68. The van der Waals surface area contributed by atoms with Gasteiger partial charge in [-0.1, -0.05) is 18.2 Å². The number of benzene rings is 1. The van der Waals surface area contributed by atoms with Crippen LogP contribution in [0.3, 0.4) is 0 Å². The Kier molecular flexibility index (Phi) is 2.83. The van der Waals surface area contributed by atoms with Crippen molar-refractivity contribution in [2.24, 2.45) is 0 Å². The molecular formula is C11H8ClN3O. The number of aromatic nitrogens is 3. The topological polar surface area (TPSA) is 47.8 Å². The Bertz CT molecular complexity index is 517. The van der Waals surface area contributed by atoms with E-state index in [0.717, 1.165) is 0 Å². The summed E-state index contributed by atoms with van der Waals surface area (Å²) in [7, 11) is 0. The van der Waals surface area contributed by atoms with Crippen molar-refractivity contribution in [1.82, 2.24) is 14.8 Å². The molecule has 0 N–H and O–H groups in total. The molecule has 0 aliphatic heterocycles. The number of carbonyl (C=O) groups excluding carboxylic acids is 1. The minimum Gasteiger partial charge on any atom is -0.287 e. The highest BCUT2D eigenvalue weighted by atomic mass is 35.5. The van der Waals surface area contributed by atoms with Gasteiger partial charge >= 0.3 is 0 Å². The molecule has 5 heteroatoms. The van der Waals surface area contributed by atoms with Crippen LogP contribution in [0.5, 0.6) is 0 Å². The van der Waals surface area contributed by atoms with Crippen molar-refractivity contribution in [3.05, 3.63) is 54.1 Å². The van der Waals surface area contributed by atoms with E-state index in [4.69, 9.17) is 11.6 Å². The number of Topliss-reactive ketones (excluding diaryl/α,β-unsaturated/α-hetero) is 1. The molecule has 4 nitrogen and oxygen atoms in total. The van der Waals surface area contributed by atoms with Gasteiger partial charge in [-0.2, -0.15) is 5.10 Å². The number of halogens is 1. The van der Waals surface area contributed by atoms with Gasteiger partial charge in [-0.25, -0.2) is 9.67 Å². The Morgan fingerprint density at radius 3 is 2.56 bits per heavy atom. The zero-order valence-corrected chi connectivity index (χ0v) is 9.05. The van der Waals surface area contributed by atoms with Gasteiger partial charge in [0, 0.05) is 10.6 Å². The lowest BCUT2D eigenvalue weighted by Crippen LogP contribution is -2.08. The van der Waals surface area contributed by atoms with E-state index in [2.05, 4.69) is 16.7 Å². The molecule has 0 aliphatic rings. The maximum absolute atomic E-state index is 11.9. The summed E-state index contributed by atoms with van der Waals surface area (Å²) in [5.41, 5.74) is 0.768. The van der Waals surface area contributed by atoms with Crippen LogP contribution in [0.1, 0.15) is 10.4 Å². The van der Waals surface area contributed by atoms with Gasteiger partial charge in [0.2, 0.25) is 5.78 Å². The van der Waals surface area contributed by atoms with E-state index in [-0.39, 0.29) is 11.5 Å². The Morgan fingerprint density at radius 2 is 2.00 bits per heavy atom. The predicted molar refractivity (Wildman–Crippen MR) is 61.1 cm³/mol. The summed E-state index contributed by atoms with van der Waals surface area (Å²) < 4.78 is 1.33. The molecule has 0 saturated carbocycles. The smallest absolute Gasteiger partial charge is 0.210 e. The van der Waals surface area contributed by atoms with E-state index in [0.29, 0.717) is 10.6 Å². The third-order valence-electron chi connectivity index (χ3n) is 2.06. The number of carbonyl (C=O) groups is 1. The summed E-state index contributed by atoms with van der Waals surface area (Å²) in [6, 6.07) is 6.60. The molecular weight excluding hydrogens is 226 g/mol. The summed E-state index contributed by atoms with van der Waals surface area (Å²) >= 11 is 5.73. The van der Waals surface area contributed by atoms with Gasteiger partial charge in [0.15, 0.2) is 0 Å². The first-order valence-corrected chi connectivity index (χ1v) is 4.90. The van der Waals surface area contributed by atoms with Gasteiger partial charge < -0.3 is 0 Å². The number of ketones is 1. The van der Waals surface area contributed by atoms with Gasteiger partial charge in [-0.15, -0.1) is 0 Å². The maximum atomic E-state index is 11.9. The van der Waals surface area contributed by atoms with Crippen LogP contribution in [0, 0.1) is 0 Å². The lowest BCUT2D eigenvalue weighted by atomic mass is 10.1. The summed E-state index contributed by atoms with van der Waals surface area (Å²) in [5.74, 6) is -0.206. The second-order valence-electron chi connectivity index (χ2n) is 3.12. The Labute approximate surface area is 97.2 Å². The number of rotatable bonds is 3. The Morgan fingerprint density at radius 1 is 1.31 bits per heavy atom. The molecule has 2 rings (SSSR count). The summed E-state index contributed by atoms with van der Waals surface area (Å²) in [6.45, 7) is 3.67. The van der Waals surface area contributed by atoms with Crippen molar-refractivity contribution >= 4 is 23.1 Å². The van der Waals surface area contributed by atoms with Crippen LogP contribution in [-0.4, -0.2) is 20.5 Å². The normalized spacial score (nSPS) is 10.1. The van der Waals surface area contributed by atoms with E-state index >= 15 is 0 Å². The molecule has 1 aromatic heterocycles. The average Bonchev–Trinajstić information content (AvgIpc) is 2.81. The highest BCUT2D eigenvalue weighted by Crippen LogP contribution is 2.14. The predicted octanol–water partition coefficient (Wildman–Crippen LogP) is 2.29. The number of nitrogens with zero attached hydrogens (tertiary/aromatic N) is 3. The largest absolute Gasteiger partial charge is 0.287 e. The molecule has 2 aromatic rings. The zero-order chi connectivity index (χ0) is 11.5. The van der Waals surface area contributed by atoms with Crippen molar-refractivity contribution in [3.63, 3.8) is 0 Å². The second kappa shape index (κ2) is 4.28. The van der Waals surface area contributed by atoms with Gasteiger partial charge in [0.05, 0.1) is 0 Å². The molecule has 0 saturated heterocycles. The highest BCUT2D eigenvalue weighted by molar-refractivity contribution is 6.31. The molecule has 0 bridgehead atoms. The molecule has 80 valence electrons. The fraction of sp³-hybridized carbons (Fsp3) is 0. The Balaban J connectivity index is 2.26. The van der Waals surface area contributed by atoms with Gasteiger partial charge in [0.25, 0.3) is 0 Å². The number of allylic oxidation sites excluding steroid dienone is 1. The van der Waals surface area contributed by atoms with E-state index < -0.39 is 0 Å². The summed E-state index contributed by atoms with van der Waals surface area (Å²) in [6.07, 6.45) is 2.77. The Hall–Kier alpha value is -1.94. The first kappa shape index (κ1) is 10.6. The summed E-state index contributed by atoms with van der Waals surface area (Å²) in [5, 5.41) is 4.43. The molecule has 0 atom stereocenters. The van der Waals surface area contributed by atoms with Crippen molar-refractivity contribution in [2.75, 3.05) is 0 Å². The monoisotopic (exact) mass is 233 g/mol. The van der Waals surface area contributed by atoms with E-state index in [9.17, 15) is 4.79 Å². The van der Waals surface area contributed by atoms with Gasteiger partial charge in [-0.05, 0) is 24.3 Å². The van der Waals surface area contributed by atoms with Crippen LogP contribution in [0.2, 0.25) is 5.02 Å². The van der Waals surface area contributed by atoms with Crippen LogP contribution >= 0.6 is 11.6 Å². The van der Waals surface area contributed by atoms with Crippen LogP contribution in [-0.2, 0) is 0 Å². The van der Waals surface area contributed by atoms with Crippen LogP contribution in [0.4, 0.5) is 0 Å². The lowest BCUT2D eigenvalue weighted by molar-refractivity contribution is 0.105. The first-order valence-electron chi connectivity index (χ1n) is 4.52. The standard InChI is InChI=1S/C11H8ClN3O/c1-8(15-7-13-6-14-15)11(16)9-2-4-10(12)5-3-9/h2-7H,1H2. The van der Waals surface area contributed by atoms with Crippen LogP contribution < -0.4 is 0 Å². The highest BCUT2D eigenvalue weighted by Gasteiger charge is 2.12. The molecule has 0 fully saturated rings. The third-order valence-corrected chi connectivity index (χ3v) is 2.32. The molecule has 0 unspecified atom stereocenters. The van der Waals surface area contributed by atoms with E-state index in [1.807, 2.05) is 0 Å². The average molecular weight is 234 g/mol. The van der Waals surface area contributed by atoms with Crippen LogP contribution in [0.15, 0.2) is 43.5 Å². The SMILES string of the molecule is C=C(C(=O)c1ccc(Cl)cc1)n1cncn1. The molecule has 0 spiro atoms.